The number of unbranched alkanes of at least 4 members (excludes halogenated alkanes) is 3. The second kappa shape index (κ2) is 8.39. The van der Waals surface area contributed by atoms with Crippen molar-refractivity contribution in [2.75, 3.05) is 12.4 Å². The average molecular weight is 288 g/mol. The van der Waals surface area contributed by atoms with Crippen LogP contribution >= 0.6 is 23.2 Å². The zero-order chi connectivity index (χ0) is 13.4. The summed E-state index contributed by atoms with van der Waals surface area (Å²) in [5.41, 5.74) is 1.59. The third kappa shape index (κ3) is 5.28. The molecule has 0 bridgehead atoms. The molecule has 0 aliphatic carbocycles. The van der Waals surface area contributed by atoms with Crippen LogP contribution < -0.4 is 5.32 Å². The predicted molar refractivity (Wildman–Crippen MR) is 77.7 cm³/mol. The molecule has 100 valence electrons. The van der Waals surface area contributed by atoms with Crippen molar-refractivity contribution < 1.29 is 4.79 Å². The summed E-state index contributed by atoms with van der Waals surface area (Å²) in [5.74, 6) is 0.684. The number of alkyl halides is 1. The van der Waals surface area contributed by atoms with Gasteiger partial charge < -0.3 is 5.32 Å². The number of carbonyl (C=O) groups excluding carboxylic acids is 1. The highest BCUT2D eigenvalue weighted by Gasteiger charge is 2.06. The molecule has 0 unspecified atom stereocenters. The quantitative estimate of drug-likeness (QED) is 0.592. The number of amides is 1. The number of aryl methyl sites for hydroxylation is 1. The Morgan fingerprint density at radius 1 is 1.22 bits per heavy atom. The summed E-state index contributed by atoms with van der Waals surface area (Å²) in [6.45, 7) is 2.61. The van der Waals surface area contributed by atoms with Gasteiger partial charge in [0.2, 0.25) is 0 Å². The van der Waals surface area contributed by atoms with Crippen LogP contribution in [-0.4, -0.2) is 18.3 Å². The lowest BCUT2D eigenvalue weighted by atomic mass is 10.1. The number of rotatable bonds is 7. The molecule has 0 atom stereocenters. The van der Waals surface area contributed by atoms with Crippen LogP contribution in [0.1, 0.15) is 41.6 Å². The Balaban J connectivity index is 2.30. The lowest BCUT2D eigenvalue weighted by Gasteiger charge is -2.06. The van der Waals surface area contributed by atoms with Crippen molar-refractivity contribution in [2.45, 2.75) is 32.6 Å². The first-order valence-corrected chi connectivity index (χ1v) is 7.16. The van der Waals surface area contributed by atoms with Gasteiger partial charge in [-0.1, -0.05) is 24.4 Å². The smallest absolute Gasteiger partial charge is 0.251 e. The zero-order valence-electron chi connectivity index (χ0n) is 10.6. The molecule has 0 aromatic heterocycles. The highest BCUT2D eigenvalue weighted by molar-refractivity contribution is 6.31. The van der Waals surface area contributed by atoms with Crippen LogP contribution in [0.2, 0.25) is 5.02 Å². The maximum atomic E-state index is 11.8. The van der Waals surface area contributed by atoms with Crippen molar-refractivity contribution in [1.29, 1.82) is 0 Å². The van der Waals surface area contributed by atoms with Gasteiger partial charge in [-0.15, -0.1) is 11.6 Å². The third-order valence-electron chi connectivity index (χ3n) is 2.77. The Kier molecular flexibility index (Phi) is 7.14. The Hall–Kier alpha value is -0.730. The summed E-state index contributed by atoms with van der Waals surface area (Å²) >= 11 is 11.5. The molecule has 0 fully saturated rings. The number of hydrogen-bond donors (Lipinski definition) is 1. The fraction of sp³-hybridized carbons (Fsp3) is 0.500. The molecule has 0 aliphatic rings. The van der Waals surface area contributed by atoms with E-state index in [0.717, 1.165) is 37.1 Å². The van der Waals surface area contributed by atoms with Crippen molar-refractivity contribution >= 4 is 29.1 Å². The molecule has 1 amide bonds. The Labute approximate surface area is 119 Å². The average Bonchev–Trinajstić information content (AvgIpc) is 2.36. The van der Waals surface area contributed by atoms with Gasteiger partial charge in [-0.05, 0) is 43.5 Å². The van der Waals surface area contributed by atoms with Crippen LogP contribution in [0, 0.1) is 6.92 Å². The van der Waals surface area contributed by atoms with Gasteiger partial charge in [-0.3, -0.25) is 4.79 Å². The topological polar surface area (TPSA) is 29.1 Å². The summed E-state index contributed by atoms with van der Waals surface area (Å²) in [7, 11) is 0. The largest absolute Gasteiger partial charge is 0.352 e. The normalized spacial score (nSPS) is 10.4. The van der Waals surface area contributed by atoms with Gasteiger partial charge >= 0.3 is 0 Å². The van der Waals surface area contributed by atoms with Gasteiger partial charge in [-0.25, -0.2) is 0 Å². The van der Waals surface area contributed by atoms with E-state index in [0.29, 0.717) is 17.1 Å². The van der Waals surface area contributed by atoms with Gasteiger partial charge in [0, 0.05) is 23.0 Å². The Morgan fingerprint density at radius 2 is 1.94 bits per heavy atom. The molecule has 1 rings (SSSR count). The van der Waals surface area contributed by atoms with E-state index in [2.05, 4.69) is 5.32 Å². The van der Waals surface area contributed by atoms with Crippen LogP contribution in [0.4, 0.5) is 0 Å². The van der Waals surface area contributed by atoms with Crippen molar-refractivity contribution in [3.05, 3.63) is 34.3 Å². The van der Waals surface area contributed by atoms with E-state index in [9.17, 15) is 4.79 Å². The molecule has 1 N–H and O–H groups in total. The van der Waals surface area contributed by atoms with Crippen LogP contribution in [0.5, 0.6) is 0 Å². The van der Waals surface area contributed by atoms with Crippen LogP contribution in [0.15, 0.2) is 18.2 Å². The molecule has 18 heavy (non-hydrogen) atoms. The fourth-order valence-electron chi connectivity index (χ4n) is 1.66. The fourth-order valence-corrected chi connectivity index (χ4v) is 1.97. The Bertz CT molecular complexity index is 393. The van der Waals surface area contributed by atoms with Crippen LogP contribution in [-0.2, 0) is 0 Å². The second-order valence-electron chi connectivity index (χ2n) is 4.32. The van der Waals surface area contributed by atoms with Crippen molar-refractivity contribution in [1.82, 2.24) is 5.32 Å². The standard InChI is InChI=1S/C14H19Cl2NO/c1-11-10-12(6-7-13(11)16)14(18)17-9-5-3-2-4-8-15/h6-7,10H,2-5,8-9H2,1H3,(H,17,18). The number of carbonyl (C=O) groups is 1. The molecule has 0 radical (unpaired) electrons. The van der Waals surface area contributed by atoms with E-state index in [4.69, 9.17) is 23.2 Å². The molecule has 0 spiro atoms. The van der Waals surface area contributed by atoms with Gasteiger partial charge in [0.15, 0.2) is 0 Å². The Morgan fingerprint density at radius 3 is 2.61 bits per heavy atom. The predicted octanol–water partition coefficient (Wildman–Crippen LogP) is 4.18. The molecule has 0 saturated heterocycles. The van der Waals surface area contributed by atoms with Crippen LogP contribution in [0.3, 0.4) is 0 Å². The minimum atomic E-state index is -0.0351. The van der Waals surface area contributed by atoms with E-state index < -0.39 is 0 Å². The van der Waals surface area contributed by atoms with E-state index in [1.807, 2.05) is 13.0 Å². The first-order chi connectivity index (χ1) is 8.65. The maximum absolute atomic E-state index is 11.8. The van der Waals surface area contributed by atoms with Crippen molar-refractivity contribution in [3.63, 3.8) is 0 Å². The SMILES string of the molecule is Cc1cc(C(=O)NCCCCCCCl)ccc1Cl. The molecule has 2 nitrogen and oxygen atoms in total. The first kappa shape index (κ1) is 15.3. The van der Waals surface area contributed by atoms with E-state index in [1.54, 1.807) is 12.1 Å². The zero-order valence-corrected chi connectivity index (χ0v) is 12.2. The minimum absolute atomic E-state index is 0.0351. The van der Waals surface area contributed by atoms with E-state index >= 15 is 0 Å². The van der Waals surface area contributed by atoms with Crippen LogP contribution in [0.25, 0.3) is 0 Å². The first-order valence-electron chi connectivity index (χ1n) is 6.25. The molecule has 1 aromatic carbocycles. The molecule has 0 heterocycles. The van der Waals surface area contributed by atoms with Gasteiger partial charge in [-0.2, -0.15) is 0 Å². The van der Waals surface area contributed by atoms with Gasteiger partial charge in [0.05, 0.1) is 0 Å². The molecular weight excluding hydrogens is 269 g/mol. The van der Waals surface area contributed by atoms with Gasteiger partial charge in [0.25, 0.3) is 5.91 Å². The molecular formula is C14H19Cl2NO. The minimum Gasteiger partial charge on any atom is -0.352 e. The lowest BCUT2D eigenvalue weighted by Crippen LogP contribution is -2.24. The highest BCUT2D eigenvalue weighted by atomic mass is 35.5. The number of nitrogens with one attached hydrogen (secondary N) is 1. The summed E-state index contributed by atoms with van der Waals surface area (Å²) < 4.78 is 0. The highest BCUT2D eigenvalue weighted by Crippen LogP contribution is 2.16. The number of benzene rings is 1. The molecule has 4 heteroatoms. The van der Waals surface area contributed by atoms with E-state index in [-0.39, 0.29) is 5.91 Å². The van der Waals surface area contributed by atoms with E-state index in [1.165, 1.54) is 0 Å². The molecule has 1 aromatic rings. The van der Waals surface area contributed by atoms with Gasteiger partial charge in [0.1, 0.15) is 0 Å². The number of halogens is 2. The summed E-state index contributed by atoms with van der Waals surface area (Å²) in [5, 5.41) is 3.60. The molecule has 0 aliphatic heterocycles. The third-order valence-corrected chi connectivity index (χ3v) is 3.46. The summed E-state index contributed by atoms with van der Waals surface area (Å²) in [6.07, 6.45) is 4.27. The molecule has 0 saturated carbocycles. The second-order valence-corrected chi connectivity index (χ2v) is 5.11. The lowest BCUT2D eigenvalue weighted by molar-refractivity contribution is 0.0953. The number of hydrogen-bond acceptors (Lipinski definition) is 1. The van der Waals surface area contributed by atoms with Crippen molar-refractivity contribution in [2.24, 2.45) is 0 Å². The maximum Gasteiger partial charge on any atom is 0.251 e. The van der Waals surface area contributed by atoms with Crippen molar-refractivity contribution in [3.8, 4) is 0 Å². The monoisotopic (exact) mass is 287 g/mol. The summed E-state index contributed by atoms with van der Waals surface area (Å²) in [6, 6.07) is 5.32. The summed E-state index contributed by atoms with van der Waals surface area (Å²) in [4.78, 5) is 11.8.